The normalized spacial score (nSPS) is 10.7. The lowest BCUT2D eigenvalue weighted by Crippen LogP contribution is -2.08. The van der Waals surface area contributed by atoms with Crippen molar-refractivity contribution in [3.8, 4) is 0 Å². The van der Waals surface area contributed by atoms with Crippen molar-refractivity contribution in [3.63, 3.8) is 0 Å². The first-order chi connectivity index (χ1) is 8.22. The van der Waals surface area contributed by atoms with Crippen molar-refractivity contribution < 1.29 is 9.53 Å². The van der Waals surface area contributed by atoms with Crippen molar-refractivity contribution >= 4 is 16.9 Å². The first-order valence-corrected chi connectivity index (χ1v) is 5.67. The summed E-state index contributed by atoms with van der Waals surface area (Å²) in [7, 11) is 1.84. The molecule has 0 aliphatic rings. The molecule has 0 aliphatic heterocycles. The number of unbranched alkanes of at least 4 members (excludes halogenated alkanes) is 1. The van der Waals surface area contributed by atoms with Gasteiger partial charge >= 0.3 is 5.97 Å². The van der Waals surface area contributed by atoms with E-state index in [1.165, 1.54) is 0 Å². The van der Waals surface area contributed by atoms with Crippen LogP contribution in [0, 0.1) is 0 Å². The molecule has 0 saturated heterocycles. The topological polar surface area (TPSA) is 57.0 Å². The summed E-state index contributed by atoms with van der Waals surface area (Å²) in [6.45, 7) is 2.50. The van der Waals surface area contributed by atoms with E-state index in [2.05, 4.69) is 10.1 Å². The number of nitrogens with zero attached hydrogens (tertiary/aromatic N) is 3. The molecular formula is C12H15N3O2. The highest BCUT2D eigenvalue weighted by Gasteiger charge is 2.10. The van der Waals surface area contributed by atoms with Crippen LogP contribution in [0.5, 0.6) is 0 Å². The molecule has 0 bridgehead atoms. The number of aryl methyl sites for hydroxylation is 1. The van der Waals surface area contributed by atoms with Gasteiger partial charge in [-0.2, -0.15) is 5.10 Å². The zero-order chi connectivity index (χ0) is 12.3. The Hall–Kier alpha value is -1.91. The zero-order valence-electron chi connectivity index (χ0n) is 10.0. The molecule has 0 spiro atoms. The molecule has 0 aromatic carbocycles. The Morgan fingerprint density at radius 2 is 2.29 bits per heavy atom. The minimum absolute atomic E-state index is 0.335. The molecule has 2 aromatic rings. The Balaban J connectivity index is 2.15. The summed E-state index contributed by atoms with van der Waals surface area (Å²) < 4.78 is 6.81. The van der Waals surface area contributed by atoms with E-state index in [9.17, 15) is 4.79 Å². The second-order valence-corrected chi connectivity index (χ2v) is 3.89. The average Bonchev–Trinajstić information content (AvgIpc) is 2.71. The van der Waals surface area contributed by atoms with Gasteiger partial charge in [0.25, 0.3) is 0 Å². The maximum Gasteiger partial charge on any atom is 0.356 e. The fourth-order valence-corrected chi connectivity index (χ4v) is 1.54. The van der Waals surface area contributed by atoms with Crippen LogP contribution in [0.1, 0.15) is 30.3 Å². The van der Waals surface area contributed by atoms with E-state index in [-0.39, 0.29) is 5.97 Å². The Morgan fingerprint density at radius 1 is 1.47 bits per heavy atom. The van der Waals surface area contributed by atoms with E-state index < -0.39 is 0 Å². The van der Waals surface area contributed by atoms with Crippen LogP contribution in [-0.4, -0.2) is 27.3 Å². The van der Waals surface area contributed by atoms with Crippen molar-refractivity contribution in [2.45, 2.75) is 19.8 Å². The van der Waals surface area contributed by atoms with Gasteiger partial charge in [-0.25, -0.2) is 9.78 Å². The zero-order valence-corrected chi connectivity index (χ0v) is 10.0. The third kappa shape index (κ3) is 2.43. The Bertz CT molecular complexity index is 534. The van der Waals surface area contributed by atoms with E-state index in [1.54, 1.807) is 23.1 Å². The number of carbonyl (C=O) groups excluding carboxylic acids is 1. The minimum atomic E-state index is -0.371. The predicted molar refractivity (Wildman–Crippen MR) is 63.7 cm³/mol. The summed E-state index contributed by atoms with van der Waals surface area (Å²) in [5.74, 6) is -0.371. The van der Waals surface area contributed by atoms with Crippen LogP contribution in [-0.2, 0) is 11.8 Å². The number of pyridine rings is 1. The fourth-order valence-electron chi connectivity index (χ4n) is 1.54. The van der Waals surface area contributed by atoms with E-state index >= 15 is 0 Å². The Labute approximate surface area is 99.4 Å². The van der Waals surface area contributed by atoms with E-state index in [4.69, 9.17) is 4.74 Å². The van der Waals surface area contributed by atoms with Crippen molar-refractivity contribution in [1.82, 2.24) is 14.8 Å². The summed E-state index contributed by atoms with van der Waals surface area (Å²) in [5, 5.41) is 4.99. The summed E-state index contributed by atoms with van der Waals surface area (Å²) in [5.41, 5.74) is 1.23. The quantitative estimate of drug-likeness (QED) is 0.598. The number of rotatable bonds is 4. The number of fused-ring (bicyclic) bond motifs is 1. The predicted octanol–water partition coefficient (Wildman–Crippen LogP) is 1.93. The molecule has 0 fully saturated rings. The van der Waals surface area contributed by atoms with Crippen molar-refractivity contribution in [2.24, 2.45) is 7.05 Å². The van der Waals surface area contributed by atoms with Gasteiger partial charge in [0.1, 0.15) is 5.69 Å². The molecule has 0 unspecified atom stereocenters. The largest absolute Gasteiger partial charge is 0.461 e. The fraction of sp³-hybridized carbons (Fsp3) is 0.417. The van der Waals surface area contributed by atoms with Crippen LogP contribution >= 0.6 is 0 Å². The molecule has 17 heavy (non-hydrogen) atoms. The van der Waals surface area contributed by atoms with Crippen LogP contribution < -0.4 is 0 Å². The molecule has 2 aromatic heterocycles. The van der Waals surface area contributed by atoms with Gasteiger partial charge in [0.2, 0.25) is 0 Å². The van der Waals surface area contributed by atoms with Gasteiger partial charge in [-0.1, -0.05) is 13.3 Å². The second-order valence-electron chi connectivity index (χ2n) is 3.89. The number of esters is 1. The van der Waals surface area contributed by atoms with Crippen LogP contribution in [0.25, 0.3) is 10.9 Å². The van der Waals surface area contributed by atoms with E-state index in [1.807, 2.05) is 14.0 Å². The molecule has 5 heteroatoms. The number of ether oxygens (including phenoxy) is 1. The highest BCUT2D eigenvalue weighted by molar-refractivity contribution is 5.91. The molecule has 0 atom stereocenters. The molecule has 0 N–H and O–H groups in total. The minimum Gasteiger partial charge on any atom is -0.461 e. The third-order valence-corrected chi connectivity index (χ3v) is 2.57. The van der Waals surface area contributed by atoms with Crippen molar-refractivity contribution in [2.75, 3.05) is 6.61 Å². The second kappa shape index (κ2) is 4.95. The highest BCUT2D eigenvalue weighted by atomic mass is 16.5. The summed E-state index contributed by atoms with van der Waals surface area (Å²) in [4.78, 5) is 15.7. The number of hydrogen-bond donors (Lipinski definition) is 0. The lowest BCUT2D eigenvalue weighted by atomic mass is 10.2. The first kappa shape index (κ1) is 11.6. The van der Waals surface area contributed by atoms with Gasteiger partial charge in [0.15, 0.2) is 0 Å². The molecule has 2 rings (SSSR count). The molecule has 0 radical (unpaired) electrons. The van der Waals surface area contributed by atoms with Gasteiger partial charge in [-0.05, 0) is 12.5 Å². The number of carbonyl (C=O) groups is 1. The van der Waals surface area contributed by atoms with Crippen molar-refractivity contribution in [1.29, 1.82) is 0 Å². The van der Waals surface area contributed by atoms with Gasteiger partial charge in [-0.15, -0.1) is 0 Å². The number of aromatic nitrogens is 3. The number of hydrogen-bond acceptors (Lipinski definition) is 4. The van der Waals surface area contributed by atoms with Crippen molar-refractivity contribution in [3.05, 3.63) is 24.2 Å². The third-order valence-electron chi connectivity index (χ3n) is 2.57. The molecule has 0 aliphatic carbocycles. The molecule has 5 nitrogen and oxygen atoms in total. The van der Waals surface area contributed by atoms with E-state index in [0.717, 1.165) is 23.7 Å². The lowest BCUT2D eigenvalue weighted by molar-refractivity contribution is 0.0493. The van der Waals surface area contributed by atoms with E-state index in [0.29, 0.717) is 12.3 Å². The Kier molecular flexibility index (Phi) is 3.37. The summed E-state index contributed by atoms with van der Waals surface area (Å²) >= 11 is 0. The highest BCUT2D eigenvalue weighted by Crippen LogP contribution is 2.13. The molecular weight excluding hydrogens is 218 g/mol. The van der Waals surface area contributed by atoms with Crippen LogP contribution in [0.3, 0.4) is 0 Å². The van der Waals surface area contributed by atoms with Crippen LogP contribution in [0.15, 0.2) is 18.5 Å². The molecule has 0 amide bonds. The van der Waals surface area contributed by atoms with Crippen LogP contribution in [0.2, 0.25) is 0 Å². The summed E-state index contributed by atoms with van der Waals surface area (Å²) in [6.07, 6.45) is 5.22. The first-order valence-electron chi connectivity index (χ1n) is 5.67. The molecule has 0 saturated carbocycles. The van der Waals surface area contributed by atoms with Gasteiger partial charge in [-0.3, -0.25) is 4.68 Å². The van der Waals surface area contributed by atoms with Crippen LogP contribution in [0.4, 0.5) is 0 Å². The average molecular weight is 233 g/mol. The lowest BCUT2D eigenvalue weighted by Gasteiger charge is -2.03. The maximum atomic E-state index is 11.7. The van der Waals surface area contributed by atoms with Gasteiger partial charge in [0, 0.05) is 12.4 Å². The molecule has 2 heterocycles. The smallest absolute Gasteiger partial charge is 0.356 e. The van der Waals surface area contributed by atoms with Gasteiger partial charge in [0.05, 0.1) is 24.5 Å². The Morgan fingerprint density at radius 3 is 3.06 bits per heavy atom. The maximum absolute atomic E-state index is 11.7. The van der Waals surface area contributed by atoms with Gasteiger partial charge < -0.3 is 4.74 Å². The SMILES string of the molecule is CCCCOC(=O)c1cc2cnn(C)c2cn1. The summed E-state index contributed by atoms with van der Waals surface area (Å²) in [6, 6.07) is 1.70. The molecule has 90 valence electrons. The monoisotopic (exact) mass is 233 g/mol. The standard InChI is InChI=1S/C12H15N3O2/c1-3-4-5-17-12(16)10-6-9-7-14-15(2)11(9)8-13-10/h6-8H,3-5H2,1-2H3.